The van der Waals surface area contributed by atoms with Crippen molar-refractivity contribution in [1.29, 1.82) is 0 Å². The number of hydrogen-bond acceptors (Lipinski definition) is 2. The van der Waals surface area contributed by atoms with E-state index >= 15 is 0 Å². The van der Waals surface area contributed by atoms with E-state index in [1.807, 2.05) is 6.92 Å². The van der Waals surface area contributed by atoms with E-state index in [0.29, 0.717) is 21.5 Å². The molecule has 0 atom stereocenters. The summed E-state index contributed by atoms with van der Waals surface area (Å²) in [5.74, 6) is -0.837. The monoisotopic (exact) mass is 390 g/mol. The first-order valence-corrected chi connectivity index (χ1v) is 6.94. The highest BCUT2D eigenvalue weighted by Crippen LogP contribution is 2.31. The summed E-state index contributed by atoms with van der Waals surface area (Å²) in [4.78, 5) is 0. The molecule has 0 aliphatic heterocycles. The van der Waals surface area contributed by atoms with Crippen molar-refractivity contribution in [1.82, 2.24) is 0 Å². The van der Waals surface area contributed by atoms with Crippen LogP contribution in [0.25, 0.3) is 0 Å². The molecule has 0 spiro atoms. The molecule has 0 saturated carbocycles. The van der Waals surface area contributed by atoms with Gasteiger partial charge in [-0.05, 0) is 62.5 Å². The highest BCUT2D eigenvalue weighted by Gasteiger charge is 2.09. The van der Waals surface area contributed by atoms with Gasteiger partial charge >= 0.3 is 0 Å². The molecule has 0 aromatic heterocycles. The van der Waals surface area contributed by atoms with Gasteiger partial charge in [0.25, 0.3) is 0 Å². The van der Waals surface area contributed by atoms with Crippen molar-refractivity contribution < 1.29 is 8.78 Å². The fourth-order valence-corrected chi connectivity index (χ4v) is 2.42. The number of nitrogens with one attached hydrogen (secondary N) is 1. The fourth-order valence-electron chi connectivity index (χ4n) is 1.60. The number of nitrogen functional groups attached to an aromatic ring is 1. The molecular weight excluding hydrogens is 382 g/mol. The average molecular weight is 392 g/mol. The molecule has 0 fully saturated rings. The first-order chi connectivity index (χ1) is 8.88. The lowest BCUT2D eigenvalue weighted by Gasteiger charge is -2.13. The number of nitrogens with two attached hydrogens (primary N) is 1. The maximum absolute atomic E-state index is 13.5. The Morgan fingerprint density at radius 1 is 0.947 bits per heavy atom. The Morgan fingerprint density at radius 3 is 2.11 bits per heavy atom. The molecule has 0 bridgehead atoms. The van der Waals surface area contributed by atoms with Crippen LogP contribution < -0.4 is 11.1 Å². The second kappa shape index (κ2) is 5.46. The first-order valence-electron chi connectivity index (χ1n) is 5.35. The zero-order valence-electron chi connectivity index (χ0n) is 9.90. The van der Waals surface area contributed by atoms with Crippen LogP contribution >= 0.6 is 31.9 Å². The minimum absolute atomic E-state index is 0.286. The lowest BCUT2D eigenvalue weighted by Crippen LogP contribution is -2.00. The van der Waals surface area contributed by atoms with Crippen molar-refractivity contribution >= 4 is 48.9 Å². The van der Waals surface area contributed by atoms with Gasteiger partial charge in [-0.25, -0.2) is 8.78 Å². The Labute approximate surface area is 126 Å². The summed E-state index contributed by atoms with van der Waals surface area (Å²) in [7, 11) is 0. The molecule has 19 heavy (non-hydrogen) atoms. The van der Waals surface area contributed by atoms with Gasteiger partial charge in [0.15, 0.2) is 0 Å². The summed E-state index contributed by atoms with van der Waals surface area (Å²) in [6.07, 6.45) is 0. The van der Waals surface area contributed by atoms with E-state index in [4.69, 9.17) is 5.73 Å². The molecular formula is C13H10Br2F2N2. The zero-order chi connectivity index (χ0) is 14.2. The van der Waals surface area contributed by atoms with E-state index in [0.717, 1.165) is 5.56 Å². The number of anilines is 3. The predicted molar refractivity (Wildman–Crippen MR) is 80.6 cm³/mol. The lowest BCUT2D eigenvalue weighted by molar-refractivity contribution is 0.621. The second-order valence-electron chi connectivity index (χ2n) is 4.06. The topological polar surface area (TPSA) is 38.0 Å². The van der Waals surface area contributed by atoms with E-state index in [9.17, 15) is 8.78 Å². The molecule has 2 aromatic rings. The van der Waals surface area contributed by atoms with Crippen molar-refractivity contribution in [3.63, 3.8) is 0 Å². The largest absolute Gasteiger partial charge is 0.397 e. The summed E-state index contributed by atoms with van der Waals surface area (Å²) in [6, 6.07) is 5.70. The van der Waals surface area contributed by atoms with Gasteiger partial charge in [-0.2, -0.15) is 0 Å². The van der Waals surface area contributed by atoms with Crippen LogP contribution in [0.3, 0.4) is 0 Å². The Kier molecular flexibility index (Phi) is 4.10. The van der Waals surface area contributed by atoms with Gasteiger partial charge in [-0.15, -0.1) is 0 Å². The second-order valence-corrected chi connectivity index (χ2v) is 5.77. The van der Waals surface area contributed by atoms with E-state index < -0.39 is 11.6 Å². The van der Waals surface area contributed by atoms with Crippen molar-refractivity contribution in [2.45, 2.75) is 6.92 Å². The molecule has 2 nitrogen and oxygen atoms in total. The Morgan fingerprint density at radius 2 is 1.47 bits per heavy atom. The van der Waals surface area contributed by atoms with Crippen LogP contribution in [0.5, 0.6) is 0 Å². The van der Waals surface area contributed by atoms with Gasteiger partial charge in [-0.1, -0.05) is 0 Å². The van der Waals surface area contributed by atoms with Crippen LogP contribution in [0, 0.1) is 18.6 Å². The van der Waals surface area contributed by atoms with Gasteiger partial charge in [0.05, 0.1) is 20.3 Å². The Balaban J connectivity index is 2.42. The van der Waals surface area contributed by atoms with Crippen LogP contribution in [0.4, 0.5) is 25.8 Å². The predicted octanol–water partition coefficient (Wildman–Crippen LogP) is 5.12. The zero-order valence-corrected chi connectivity index (χ0v) is 13.1. The van der Waals surface area contributed by atoms with Crippen LogP contribution in [-0.4, -0.2) is 0 Å². The van der Waals surface area contributed by atoms with Crippen LogP contribution in [0.1, 0.15) is 5.56 Å². The van der Waals surface area contributed by atoms with Gasteiger partial charge in [0, 0.05) is 11.8 Å². The summed E-state index contributed by atoms with van der Waals surface area (Å²) >= 11 is 6.16. The SMILES string of the molecule is Cc1cc(Br)c(F)cc1Nc1cc(F)c(Br)cc1N. The standard InChI is InChI=1S/C13H10Br2F2N2/c1-6-2-7(14)9(16)4-12(6)19-13-5-10(17)8(15)3-11(13)18/h2-5,19H,18H2,1H3. The first kappa shape index (κ1) is 14.3. The third-order valence-corrected chi connectivity index (χ3v) is 3.84. The van der Waals surface area contributed by atoms with Gasteiger partial charge in [-0.3, -0.25) is 0 Å². The van der Waals surface area contributed by atoms with Crippen molar-refractivity contribution in [3.05, 3.63) is 50.4 Å². The maximum Gasteiger partial charge on any atom is 0.139 e. The number of halogens is 4. The fraction of sp³-hybridized carbons (Fsp3) is 0.0769. The number of aryl methyl sites for hydroxylation is 1. The summed E-state index contributed by atoms with van der Waals surface area (Å²) in [6.45, 7) is 1.82. The molecule has 6 heteroatoms. The smallest absolute Gasteiger partial charge is 0.139 e. The number of benzene rings is 2. The molecule has 3 N–H and O–H groups in total. The molecule has 0 amide bonds. The van der Waals surface area contributed by atoms with E-state index in [1.54, 1.807) is 6.07 Å². The minimum Gasteiger partial charge on any atom is -0.397 e. The highest BCUT2D eigenvalue weighted by molar-refractivity contribution is 9.10. The van der Waals surface area contributed by atoms with Crippen LogP contribution in [0.15, 0.2) is 33.2 Å². The van der Waals surface area contributed by atoms with Crippen LogP contribution in [-0.2, 0) is 0 Å². The third kappa shape index (κ3) is 3.06. The summed E-state index contributed by atoms with van der Waals surface area (Å²) < 4.78 is 27.7. The van der Waals surface area contributed by atoms with Crippen molar-refractivity contribution in [3.8, 4) is 0 Å². The molecule has 0 saturated heterocycles. The molecule has 0 unspecified atom stereocenters. The molecule has 100 valence electrons. The molecule has 2 rings (SSSR count). The molecule has 0 aliphatic carbocycles. The van der Waals surface area contributed by atoms with Crippen LogP contribution in [0.2, 0.25) is 0 Å². The summed E-state index contributed by atoms with van der Waals surface area (Å²) in [5, 5.41) is 2.93. The van der Waals surface area contributed by atoms with Gasteiger partial charge in [0.2, 0.25) is 0 Å². The van der Waals surface area contributed by atoms with E-state index in [2.05, 4.69) is 37.2 Å². The minimum atomic E-state index is -0.438. The molecule has 2 aromatic carbocycles. The molecule has 0 radical (unpaired) electrons. The maximum atomic E-state index is 13.5. The third-order valence-electron chi connectivity index (χ3n) is 2.63. The lowest BCUT2D eigenvalue weighted by atomic mass is 10.1. The van der Waals surface area contributed by atoms with Crippen molar-refractivity contribution in [2.24, 2.45) is 0 Å². The highest BCUT2D eigenvalue weighted by atomic mass is 79.9. The molecule has 0 aliphatic rings. The normalized spacial score (nSPS) is 10.6. The summed E-state index contributed by atoms with van der Waals surface area (Å²) in [5.41, 5.74) is 7.91. The van der Waals surface area contributed by atoms with Crippen molar-refractivity contribution in [2.75, 3.05) is 11.1 Å². The number of rotatable bonds is 2. The Hall–Kier alpha value is -1.14. The molecule has 0 heterocycles. The Bertz CT molecular complexity index is 590. The average Bonchev–Trinajstić information content (AvgIpc) is 2.32. The van der Waals surface area contributed by atoms with E-state index in [1.165, 1.54) is 18.2 Å². The van der Waals surface area contributed by atoms with Gasteiger partial charge in [0.1, 0.15) is 11.6 Å². The number of hydrogen-bond donors (Lipinski definition) is 2. The quantitative estimate of drug-likeness (QED) is 0.697. The van der Waals surface area contributed by atoms with E-state index in [-0.39, 0.29) is 4.47 Å². The van der Waals surface area contributed by atoms with Gasteiger partial charge < -0.3 is 11.1 Å².